The molecule has 0 bridgehead atoms. The van der Waals surface area contributed by atoms with E-state index in [9.17, 15) is 9.59 Å². The molecule has 0 saturated heterocycles. The quantitative estimate of drug-likeness (QED) is 0.516. The first-order chi connectivity index (χ1) is 11.5. The Balaban J connectivity index is 2.44. The summed E-state index contributed by atoms with van der Waals surface area (Å²) in [6.45, 7) is 2.22. The van der Waals surface area contributed by atoms with Crippen molar-refractivity contribution >= 4 is 11.9 Å². The van der Waals surface area contributed by atoms with Crippen LogP contribution in [0, 0.1) is 0 Å². The van der Waals surface area contributed by atoms with Gasteiger partial charge in [0.05, 0.1) is 12.8 Å². The average Bonchev–Trinajstić information content (AvgIpc) is 2.51. The molecule has 0 atom stereocenters. The van der Waals surface area contributed by atoms with Gasteiger partial charge < -0.3 is 10.2 Å². The standard InChI is InChI=1S/C20H30O4/c1-2-3-4-5-6-7-8-9-10-16-11-12-17(14-19(21)22)18(13-16)15-20(23)24/h11-13H,2-10,14-15H2,1H3,(H,21,22)(H,23,24). The van der Waals surface area contributed by atoms with Crippen molar-refractivity contribution in [2.24, 2.45) is 0 Å². The van der Waals surface area contributed by atoms with E-state index in [2.05, 4.69) is 6.92 Å². The SMILES string of the molecule is CCCCCCCCCCc1ccc(CC(=O)O)c(CC(=O)O)c1. The van der Waals surface area contributed by atoms with E-state index in [-0.39, 0.29) is 12.8 Å². The largest absolute Gasteiger partial charge is 0.481 e. The van der Waals surface area contributed by atoms with Crippen LogP contribution in [0.5, 0.6) is 0 Å². The molecule has 0 aliphatic carbocycles. The van der Waals surface area contributed by atoms with Crippen LogP contribution in [-0.2, 0) is 28.9 Å². The zero-order valence-electron chi connectivity index (χ0n) is 14.7. The predicted octanol–water partition coefficient (Wildman–Crippen LogP) is 4.62. The summed E-state index contributed by atoms with van der Waals surface area (Å²) in [6, 6.07) is 5.57. The normalized spacial score (nSPS) is 10.7. The minimum atomic E-state index is -0.933. The monoisotopic (exact) mass is 334 g/mol. The zero-order chi connectivity index (χ0) is 17.8. The minimum absolute atomic E-state index is 0.117. The summed E-state index contributed by atoms with van der Waals surface area (Å²) < 4.78 is 0. The van der Waals surface area contributed by atoms with Crippen molar-refractivity contribution in [3.05, 3.63) is 34.9 Å². The Hall–Kier alpha value is -1.84. The zero-order valence-corrected chi connectivity index (χ0v) is 14.7. The maximum atomic E-state index is 11.0. The van der Waals surface area contributed by atoms with Crippen LogP contribution in [-0.4, -0.2) is 22.2 Å². The van der Waals surface area contributed by atoms with Crippen LogP contribution >= 0.6 is 0 Å². The molecule has 1 aromatic rings. The molecule has 0 radical (unpaired) electrons. The first-order valence-electron chi connectivity index (χ1n) is 9.07. The second kappa shape index (κ2) is 11.7. The Bertz CT molecular complexity index is 522. The van der Waals surface area contributed by atoms with Gasteiger partial charge in [-0.05, 0) is 29.5 Å². The number of unbranched alkanes of at least 4 members (excludes halogenated alkanes) is 7. The van der Waals surface area contributed by atoms with E-state index in [1.807, 2.05) is 12.1 Å². The van der Waals surface area contributed by atoms with Crippen LogP contribution in [0.1, 0.15) is 75.0 Å². The highest BCUT2D eigenvalue weighted by Gasteiger charge is 2.11. The molecular formula is C20H30O4. The van der Waals surface area contributed by atoms with Gasteiger partial charge in [-0.15, -0.1) is 0 Å². The Kier molecular flexibility index (Phi) is 9.81. The number of rotatable bonds is 13. The highest BCUT2D eigenvalue weighted by atomic mass is 16.4. The molecule has 0 spiro atoms. The van der Waals surface area contributed by atoms with Gasteiger partial charge >= 0.3 is 11.9 Å². The van der Waals surface area contributed by atoms with Gasteiger partial charge in [0.15, 0.2) is 0 Å². The molecular weight excluding hydrogens is 304 g/mol. The lowest BCUT2D eigenvalue weighted by Gasteiger charge is -2.09. The number of carboxylic acids is 2. The number of carboxylic acid groups (broad SMARTS) is 2. The summed E-state index contributed by atoms with van der Waals surface area (Å²) in [5.74, 6) is -1.86. The molecule has 1 aromatic carbocycles. The van der Waals surface area contributed by atoms with Crippen LogP contribution in [0.2, 0.25) is 0 Å². The van der Waals surface area contributed by atoms with Gasteiger partial charge in [0, 0.05) is 0 Å². The van der Waals surface area contributed by atoms with Crippen LogP contribution in [0.25, 0.3) is 0 Å². The highest BCUT2D eigenvalue weighted by molar-refractivity contribution is 5.74. The molecule has 0 unspecified atom stereocenters. The third-order valence-electron chi connectivity index (χ3n) is 4.27. The molecule has 134 valence electrons. The Morgan fingerprint density at radius 1 is 0.792 bits per heavy atom. The number of benzene rings is 1. The van der Waals surface area contributed by atoms with E-state index in [0.29, 0.717) is 11.1 Å². The summed E-state index contributed by atoms with van der Waals surface area (Å²) in [7, 11) is 0. The van der Waals surface area contributed by atoms with Gasteiger partial charge in [0.1, 0.15) is 0 Å². The van der Waals surface area contributed by atoms with Crippen LogP contribution < -0.4 is 0 Å². The molecule has 1 rings (SSSR count). The second-order valence-corrected chi connectivity index (χ2v) is 6.47. The summed E-state index contributed by atoms with van der Waals surface area (Å²) in [5, 5.41) is 17.9. The molecule has 24 heavy (non-hydrogen) atoms. The van der Waals surface area contributed by atoms with Crippen molar-refractivity contribution in [1.82, 2.24) is 0 Å². The molecule has 0 amide bonds. The van der Waals surface area contributed by atoms with Crippen molar-refractivity contribution in [2.45, 2.75) is 77.6 Å². The Labute approximate surface area is 144 Å². The molecule has 4 heteroatoms. The van der Waals surface area contributed by atoms with E-state index in [4.69, 9.17) is 10.2 Å². The summed E-state index contributed by atoms with van der Waals surface area (Å²) in [5.41, 5.74) is 2.33. The number of hydrogen-bond donors (Lipinski definition) is 2. The van der Waals surface area contributed by atoms with Crippen LogP contribution in [0.15, 0.2) is 18.2 Å². The predicted molar refractivity (Wildman–Crippen MR) is 95.4 cm³/mol. The third-order valence-corrected chi connectivity index (χ3v) is 4.27. The van der Waals surface area contributed by atoms with E-state index in [0.717, 1.165) is 18.4 Å². The van der Waals surface area contributed by atoms with Gasteiger partial charge in [-0.2, -0.15) is 0 Å². The lowest BCUT2D eigenvalue weighted by Crippen LogP contribution is -2.08. The third kappa shape index (κ3) is 8.70. The van der Waals surface area contributed by atoms with Crippen molar-refractivity contribution in [3.8, 4) is 0 Å². The van der Waals surface area contributed by atoms with Crippen LogP contribution in [0.4, 0.5) is 0 Å². The highest BCUT2D eigenvalue weighted by Crippen LogP contribution is 2.17. The van der Waals surface area contributed by atoms with Crippen molar-refractivity contribution in [1.29, 1.82) is 0 Å². The number of carbonyl (C=O) groups is 2. The van der Waals surface area contributed by atoms with Gasteiger partial charge in [-0.3, -0.25) is 9.59 Å². The number of hydrogen-bond acceptors (Lipinski definition) is 2. The van der Waals surface area contributed by atoms with Crippen molar-refractivity contribution in [3.63, 3.8) is 0 Å². The number of aliphatic carboxylic acids is 2. The second-order valence-electron chi connectivity index (χ2n) is 6.47. The fraction of sp³-hybridized carbons (Fsp3) is 0.600. The smallest absolute Gasteiger partial charge is 0.307 e. The molecule has 2 N–H and O–H groups in total. The maximum absolute atomic E-state index is 11.0. The van der Waals surface area contributed by atoms with Crippen LogP contribution in [0.3, 0.4) is 0 Å². The van der Waals surface area contributed by atoms with Crippen molar-refractivity contribution < 1.29 is 19.8 Å². The van der Waals surface area contributed by atoms with Gasteiger partial charge in [-0.25, -0.2) is 0 Å². The van der Waals surface area contributed by atoms with E-state index in [1.54, 1.807) is 6.07 Å². The molecule has 0 aliphatic heterocycles. The fourth-order valence-electron chi connectivity index (χ4n) is 2.96. The summed E-state index contributed by atoms with van der Waals surface area (Å²) in [6.07, 6.45) is 10.8. The van der Waals surface area contributed by atoms with Crippen molar-refractivity contribution in [2.75, 3.05) is 0 Å². The van der Waals surface area contributed by atoms with E-state index < -0.39 is 11.9 Å². The lowest BCUT2D eigenvalue weighted by atomic mass is 9.96. The van der Waals surface area contributed by atoms with Gasteiger partial charge in [0.2, 0.25) is 0 Å². The molecule has 0 fully saturated rings. The lowest BCUT2D eigenvalue weighted by molar-refractivity contribution is -0.137. The Morgan fingerprint density at radius 2 is 1.33 bits per heavy atom. The average molecular weight is 334 g/mol. The van der Waals surface area contributed by atoms with E-state index in [1.165, 1.54) is 44.9 Å². The molecule has 4 nitrogen and oxygen atoms in total. The summed E-state index contributed by atoms with van der Waals surface area (Å²) >= 11 is 0. The molecule has 0 saturated carbocycles. The van der Waals surface area contributed by atoms with Gasteiger partial charge in [0.25, 0.3) is 0 Å². The van der Waals surface area contributed by atoms with Gasteiger partial charge in [-0.1, -0.05) is 70.1 Å². The first kappa shape index (κ1) is 20.2. The van der Waals surface area contributed by atoms with E-state index >= 15 is 0 Å². The first-order valence-corrected chi connectivity index (χ1v) is 9.07. The minimum Gasteiger partial charge on any atom is -0.481 e. The molecule has 0 aromatic heterocycles. The fourth-order valence-corrected chi connectivity index (χ4v) is 2.96. The number of aryl methyl sites for hydroxylation is 1. The molecule has 0 aliphatic rings. The Morgan fingerprint density at radius 3 is 1.92 bits per heavy atom. The maximum Gasteiger partial charge on any atom is 0.307 e. The topological polar surface area (TPSA) is 74.6 Å². The molecule has 0 heterocycles. The summed E-state index contributed by atoms with van der Waals surface area (Å²) in [4.78, 5) is 21.9.